The highest BCUT2D eigenvalue weighted by Gasteiger charge is 2.41. The molecule has 26 heavy (non-hydrogen) atoms. The van der Waals surface area contributed by atoms with Crippen LogP contribution in [0, 0.1) is 5.92 Å². The summed E-state index contributed by atoms with van der Waals surface area (Å²) in [7, 11) is -0.0447. The zero-order chi connectivity index (χ0) is 18.9. The molecule has 0 aliphatic carbocycles. The number of hydrogen-bond acceptors (Lipinski definition) is 6. The summed E-state index contributed by atoms with van der Waals surface area (Å²) in [6.07, 6.45) is 0.535. The SMILES string of the molecule is COc1ccc(NC(=O)C2CC(=O)N(C3CCS(=O)(=O)C3)C2)cc1OC. The summed E-state index contributed by atoms with van der Waals surface area (Å²) in [6.45, 7) is 0.248. The first-order chi connectivity index (χ1) is 12.3. The van der Waals surface area contributed by atoms with Gasteiger partial charge in [-0.15, -0.1) is 0 Å². The number of anilines is 1. The molecule has 2 amide bonds. The van der Waals surface area contributed by atoms with E-state index in [1.54, 1.807) is 23.1 Å². The van der Waals surface area contributed by atoms with Gasteiger partial charge in [-0.2, -0.15) is 0 Å². The van der Waals surface area contributed by atoms with Crippen LogP contribution in [0.3, 0.4) is 0 Å². The van der Waals surface area contributed by atoms with E-state index in [0.717, 1.165) is 0 Å². The van der Waals surface area contributed by atoms with Gasteiger partial charge in [0.15, 0.2) is 21.3 Å². The van der Waals surface area contributed by atoms with Crippen LogP contribution in [0.15, 0.2) is 18.2 Å². The Balaban J connectivity index is 1.65. The molecule has 8 nitrogen and oxygen atoms in total. The maximum atomic E-state index is 12.5. The summed E-state index contributed by atoms with van der Waals surface area (Å²) in [4.78, 5) is 26.3. The summed E-state index contributed by atoms with van der Waals surface area (Å²) in [5, 5.41) is 2.79. The minimum absolute atomic E-state index is 0.0112. The van der Waals surface area contributed by atoms with Gasteiger partial charge in [0.25, 0.3) is 0 Å². The summed E-state index contributed by atoms with van der Waals surface area (Å²) in [6, 6.07) is 4.71. The molecule has 2 aliphatic heterocycles. The Morgan fingerprint density at radius 2 is 1.96 bits per heavy atom. The standard InChI is InChI=1S/C17H22N2O6S/c1-24-14-4-3-12(8-15(14)25-2)18-17(21)11-7-16(20)19(9-11)13-5-6-26(22,23)10-13/h3-4,8,11,13H,5-7,9-10H2,1-2H3,(H,18,21). The van der Waals surface area contributed by atoms with Gasteiger partial charge in [-0.25, -0.2) is 8.42 Å². The van der Waals surface area contributed by atoms with Crippen molar-refractivity contribution in [1.82, 2.24) is 4.90 Å². The molecule has 0 radical (unpaired) electrons. The smallest absolute Gasteiger partial charge is 0.229 e. The molecule has 1 N–H and O–H groups in total. The minimum atomic E-state index is -3.08. The van der Waals surface area contributed by atoms with Crippen molar-refractivity contribution < 1.29 is 27.5 Å². The third-order valence-electron chi connectivity index (χ3n) is 4.83. The van der Waals surface area contributed by atoms with E-state index in [0.29, 0.717) is 23.6 Å². The number of sulfone groups is 1. The molecule has 2 fully saturated rings. The molecule has 9 heteroatoms. The normalized spacial score (nSPS) is 24.5. The van der Waals surface area contributed by atoms with Crippen LogP contribution < -0.4 is 14.8 Å². The van der Waals surface area contributed by atoms with E-state index in [9.17, 15) is 18.0 Å². The number of benzene rings is 1. The molecule has 2 atom stereocenters. The fraction of sp³-hybridized carbons (Fsp3) is 0.529. The number of amides is 2. The van der Waals surface area contributed by atoms with Crippen LogP contribution in [0.5, 0.6) is 11.5 Å². The van der Waals surface area contributed by atoms with Gasteiger partial charge in [0.1, 0.15) is 0 Å². The first kappa shape index (κ1) is 18.5. The zero-order valence-corrected chi connectivity index (χ0v) is 15.5. The Labute approximate surface area is 152 Å². The van der Waals surface area contributed by atoms with Crippen LogP contribution in [0.2, 0.25) is 0 Å². The summed E-state index contributed by atoms with van der Waals surface area (Å²) < 4.78 is 33.6. The third-order valence-corrected chi connectivity index (χ3v) is 6.58. The van der Waals surface area contributed by atoms with E-state index >= 15 is 0 Å². The number of nitrogens with zero attached hydrogens (tertiary/aromatic N) is 1. The highest BCUT2D eigenvalue weighted by atomic mass is 32.2. The monoisotopic (exact) mass is 382 g/mol. The van der Waals surface area contributed by atoms with Crippen molar-refractivity contribution in [2.24, 2.45) is 5.92 Å². The molecule has 2 heterocycles. The predicted octanol–water partition coefficient (Wildman–Crippen LogP) is 0.678. The fourth-order valence-corrected chi connectivity index (χ4v) is 5.17. The molecule has 2 aliphatic rings. The van der Waals surface area contributed by atoms with Crippen LogP contribution >= 0.6 is 0 Å². The van der Waals surface area contributed by atoms with Crippen LogP contribution in [-0.2, 0) is 19.4 Å². The lowest BCUT2D eigenvalue weighted by atomic mass is 10.1. The summed E-state index contributed by atoms with van der Waals surface area (Å²) in [5.41, 5.74) is 0.544. The van der Waals surface area contributed by atoms with E-state index in [-0.39, 0.29) is 42.3 Å². The average molecular weight is 382 g/mol. The summed E-state index contributed by atoms with van der Waals surface area (Å²) in [5.74, 6) is 0.195. The van der Waals surface area contributed by atoms with Crippen molar-refractivity contribution in [2.75, 3.05) is 37.6 Å². The van der Waals surface area contributed by atoms with E-state index in [1.807, 2.05) is 0 Å². The highest BCUT2D eigenvalue weighted by molar-refractivity contribution is 7.91. The van der Waals surface area contributed by atoms with Crippen LogP contribution in [0.25, 0.3) is 0 Å². The van der Waals surface area contributed by atoms with Gasteiger partial charge in [0.2, 0.25) is 11.8 Å². The van der Waals surface area contributed by atoms with Gasteiger partial charge in [-0.3, -0.25) is 9.59 Å². The number of nitrogens with one attached hydrogen (secondary N) is 1. The van der Waals surface area contributed by atoms with Crippen molar-refractivity contribution in [3.63, 3.8) is 0 Å². The summed E-state index contributed by atoms with van der Waals surface area (Å²) >= 11 is 0. The van der Waals surface area contributed by atoms with Crippen molar-refractivity contribution in [1.29, 1.82) is 0 Å². The molecular weight excluding hydrogens is 360 g/mol. The second kappa shape index (κ2) is 7.14. The molecular formula is C17H22N2O6S. The number of rotatable bonds is 5. The Morgan fingerprint density at radius 3 is 2.58 bits per heavy atom. The van der Waals surface area contributed by atoms with Gasteiger partial charge in [-0.05, 0) is 18.6 Å². The maximum absolute atomic E-state index is 12.5. The molecule has 0 aromatic heterocycles. The number of carbonyl (C=O) groups excluding carboxylic acids is 2. The molecule has 2 saturated heterocycles. The number of carbonyl (C=O) groups is 2. The van der Waals surface area contributed by atoms with E-state index in [4.69, 9.17) is 9.47 Å². The zero-order valence-electron chi connectivity index (χ0n) is 14.7. The molecule has 0 bridgehead atoms. The van der Waals surface area contributed by atoms with Gasteiger partial charge in [-0.1, -0.05) is 0 Å². The minimum Gasteiger partial charge on any atom is -0.493 e. The maximum Gasteiger partial charge on any atom is 0.229 e. The molecule has 142 valence electrons. The number of likely N-dealkylation sites (tertiary alicyclic amines) is 1. The van der Waals surface area contributed by atoms with Crippen molar-refractivity contribution >= 4 is 27.3 Å². The Hall–Kier alpha value is -2.29. The van der Waals surface area contributed by atoms with E-state index < -0.39 is 15.8 Å². The molecule has 0 saturated carbocycles. The van der Waals surface area contributed by atoms with Gasteiger partial charge in [0.05, 0.1) is 31.6 Å². The Bertz CT molecular complexity index is 823. The quantitative estimate of drug-likeness (QED) is 0.803. The third kappa shape index (κ3) is 3.77. The van der Waals surface area contributed by atoms with Crippen molar-refractivity contribution in [2.45, 2.75) is 18.9 Å². The number of hydrogen-bond donors (Lipinski definition) is 1. The Morgan fingerprint density at radius 1 is 1.23 bits per heavy atom. The molecule has 1 aromatic carbocycles. The van der Waals surface area contributed by atoms with Gasteiger partial charge in [0, 0.05) is 30.8 Å². The highest BCUT2D eigenvalue weighted by Crippen LogP contribution is 2.31. The van der Waals surface area contributed by atoms with Gasteiger partial charge < -0.3 is 19.7 Å². The molecule has 3 rings (SSSR count). The largest absolute Gasteiger partial charge is 0.493 e. The lowest BCUT2D eigenvalue weighted by Gasteiger charge is -2.23. The average Bonchev–Trinajstić information content (AvgIpc) is 3.16. The van der Waals surface area contributed by atoms with Gasteiger partial charge >= 0.3 is 0 Å². The first-order valence-electron chi connectivity index (χ1n) is 8.35. The fourth-order valence-electron chi connectivity index (χ4n) is 3.44. The Kier molecular flexibility index (Phi) is 5.08. The van der Waals surface area contributed by atoms with Crippen LogP contribution in [0.1, 0.15) is 12.8 Å². The molecule has 2 unspecified atom stereocenters. The van der Waals surface area contributed by atoms with E-state index in [2.05, 4.69) is 5.32 Å². The second-order valence-electron chi connectivity index (χ2n) is 6.56. The number of ether oxygens (including phenoxy) is 2. The lowest BCUT2D eigenvalue weighted by molar-refractivity contribution is -0.129. The number of methoxy groups -OCH3 is 2. The van der Waals surface area contributed by atoms with Crippen molar-refractivity contribution in [3.05, 3.63) is 18.2 Å². The predicted molar refractivity (Wildman–Crippen MR) is 95.1 cm³/mol. The second-order valence-corrected chi connectivity index (χ2v) is 8.79. The van der Waals surface area contributed by atoms with E-state index in [1.165, 1.54) is 14.2 Å². The van der Waals surface area contributed by atoms with Crippen LogP contribution in [0.4, 0.5) is 5.69 Å². The first-order valence-corrected chi connectivity index (χ1v) is 10.2. The lowest BCUT2D eigenvalue weighted by Crippen LogP contribution is -2.38. The topological polar surface area (TPSA) is 102 Å². The molecule has 1 aromatic rings. The van der Waals surface area contributed by atoms with Crippen LogP contribution in [-0.4, -0.2) is 63.4 Å². The van der Waals surface area contributed by atoms with Crippen molar-refractivity contribution in [3.8, 4) is 11.5 Å². The molecule has 0 spiro atoms.